The standard InChI is InChI=1S/C12H18N4O4/c17-11(18)7-16(9-3-1-2-4-9)12(19)13-6-5-10-14-8-15-20-10/h8-9H,1-7H2,(H,13,19)(H,17,18). The first kappa shape index (κ1) is 14.3. The second-order valence-electron chi connectivity index (χ2n) is 4.78. The van der Waals surface area contributed by atoms with E-state index in [2.05, 4.69) is 15.5 Å². The Hall–Kier alpha value is -2.12. The summed E-state index contributed by atoms with van der Waals surface area (Å²) in [6.07, 6.45) is 5.53. The molecule has 0 aromatic carbocycles. The molecular formula is C12H18N4O4. The minimum atomic E-state index is -0.996. The molecule has 2 rings (SSSR count). The molecule has 1 fully saturated rings. The maximum atomic E-state index is 12.1. The van der Waals surface area contributed by atoms with Crippen molar-refractivity contribution in [2.75, 3.05) is 13.1 Å². The Morgan fingerprint density at radius 3 is 2.80 bits per heavy atom. The molecule has 0 saturated heterocycles. The maximum Gasteiger partial charge on any atom is 0.323 e. The lowest BCUT2D eigenvalue weighted by Crippen LogP contribution is -2.48. The zero-order valence-corrected chi connectivity index (χ0v) is 11.1. The summed E-state index contributed by atoms with van der Waals surface area (Å²) in [7, 11) is 0. The van der Waals surface area contributed by atoms with Gasteiger partial charge in [-0.2, -0.15) is 4.98 Å². The fraction of sp³-hybridized carbons (Fsp3) is 0.667. The van der Waals surface area contributed by atoms with Gasteiger partial charge in [-0.3, -0.25) is 4.79 Å². The molecule has 8 heteroatoms. The third-order valence-corrected chi connectivity index (χ3v) is 3.35. The van der Waals surface area contributed by atoms with E-state index >= 15 is 0 Å². The molecule has 1 heterocycles. The monoisotopic (exact) mass is 282 g/mol. The van der Waals surface area contributed by atoms with E-state index < -0.39 is 5.97 Å². The first-order valence-electron chi connectivity index (χ1n) is 6.68. The fourth-order valence-electron chi connectivity index (χ4n) is 2.41. The summed E-state index contributed by atoms with van der Waals surface area (Å²) >= 11 is 0. The van der Waals surface area contributed by atoms with Gasteiger partial charge >= 0.3 is 12.0 Å². The molecule has 8 nitrogen and oxygen atoms in total. The number of urea groups is 1. The number of rotatable bonds is 6. The molecule has 0 aliphatic heterocycles. The molecule has 1 saturated carbocycles. The average Bonchev–Trinajstić information content (AvgIpc) is 3.08. The molecule has 110 valence electrons. The Morgan fingerprint density at radius 1 is 1.45 bits per heavy atom. The van der Waals surface area contributed by atoms with Crippen LogP contribution in [0.3, 0.4) is 0 Å². The molecule has 2 amide bonds. The van der Waals surface area contributed by atoms with Gasteiger partial charge in [0.15, 0.2) is 6.33 Å². The topological polar surface area (TPSA) is 109 Å². The Balaban J connectivity index is 1.83. The summed E-state index contributed by atoms with van der Waals surface area (Å²) in [5, 5.41) is 15.1. The number of nitrogens with one attached hydrogen (secondary N) is 1. The first-order valence-corrected chi connectivity index (χ1v) is 6.68. The van der Waals surface area contributed by atoms with Crippen LogP contribution in [0, 0.1) is 0 Å². The van der Waals surface area contributed by atoms with Crippen LogP contribution in [0.2, 0.25) is 0 Å². The van der Waals surface area contributed by atoms with Gasteiger partial charge in [0, 0.05) is 19.0 Å². The molecule has 0 spiro atoms. The summed E-state index contributed by atoms with van der Waals surface area (Å²) in [6, 6.07) is -0.326. The molecule has 0 unspecified atom stereocenters. The predicted molar refractivity (Wildman–Crippen MR) is 68.0 cm³/mol. The van der Waals surface area contributed by atoms with E-state index in [0.29, 0.717) is 18.9 Å². The Labute approximate surface area is 116 Å². The Morgan fingerprint density at radius 2 is 2.20 bits per heavy atom. The van der Waals surface area contributed by atoms with E-state index in [1.807, 2.05) is 0 Å². The number of nitrogens with zero attached hydrogens (tertiary/aromatic N) is 3. The van der Waals surface area contributed by atoms with Crippen molar-refractivity contribution in [2.24, 2.45) is 0 Å². The number of carbonyl (C=O) groups is 2. The van der Waals surface area contributed by atoms with Gasteiger partial charge in [0.1, 0.15) is 6.54 Å². The zero-order valence-electron chi connectivity index (χ0n) is 11.1. The maximum absolute atomic E-state index is 12.1. The van der Waals surface area contributed by atoms with Crippen molar-refractivity contribution < 1.29 is 19.2 Å². The van der Waals surface area contributed by atoms with Gasteiger partial charge in [0.2, 0.25) is 5.89 Å². The minimum Gasteiger partial charge on any atom is -0.480 e. The highest BCUT2D eigenvalue weighted by atomic mass is 16.5. The van der Waals surface area contributed by atoms with Crippen molar-refractivity contribution in [3.05, 3.63) is 12.2 Å². The zero-order chi connectivity index (χ0) is 14.4. The van der Waals surface area contributed by atoms with E-state index in [-0.39, 0.29) is 18.6 Å². The molecule has 20 heavy (non-hydrogen) atoms. The average molecular weight is 282 g/mol. The van der Waals surface area contributed by atoms with Crippen LogP contribution in [0.25, 0.3) is 0 Å². The highest BCUT2D eigenvalue weighted by Crippen LogP contribution is 2.23. The highest BCUT2D eigenvalue weighted by molar-refractivity contribution is 5.80. The Kier molecular flexibility index (Phi) is 4.91. The molecule has 1 aliphatic rings. The summed E-state index contributed by atoms with van der Waals surface area (Å²) in [5.41, 5.74) is 0. The van der Waals surface area contributed by atoms with Gasteiger partial charge in [0.25, 0.3) is 0 Å². The van der Waals surface area contributed by atoms with Gasteiger partial charge in [-0.25, -0.2) is 4.79 Å². The van der Waals surface area contributed by atoms with Gasteiger partial charge < -0.3 is 19.8 Å². The molecular weight excluding hydrogens is 264 g/mol. The van der Waals surface area contributed by atoms with Crippen molar-refractivity contribution in [1.29, 1.82) is 0 Å². The van der Waals surface area contributed by atoms with E-state index in [1.54, 1.807) is 0 Å². The number of carboxylic acid groups (broad SMARTS) is 1. The lowest BCUT2D eigenvalue weighted by atomic mass is 10.2. The Bertz CT molecular complexity index is 442. The lowest BCUT2D eigenvalue weighted by Gasteiger charge is -2.27. The first-order chi connectivity index (χ1) is 9.66. The summed E-state index contributed by atoms with van der Waals surface area (Å²) < 4.78 is 4.82. The van der Waals surface area contributed by atoms with Crippen LogP contribution in [-0.2, 0) is 11.2 Å². The number of hydrogen-bond acceptors (Lipinski definition) is 5. The number of carbonyl (C=O) groups excluding carboxylic acids is 1. The van der Waals surface area contributed by atoms with Crippen LogP contribution in [0.5, 0.6) is 0 Å². The fourth-order valence-corrected chi connectivity index (χ4v) is 2.41. The van der Waals surface area contributed by atoms with Crippen LogP contribution >= 0.6 is 0 Å². The third kappa shape index (κ3) is 3.94. The SMILES string of the molecule is O=C(O)CN(C(=O)NCCc1ncno1)C1CCCC1. The number of aromatic nitrogens is 2. The molecule has 1 aromatic heterocycles. The van der Waals surface area contributed by atoms with Crippen LogP contribution in [0.1, 0.15) is 31.6 Å². The normalized spacial score (nSPS) is 15.2. The summed E-state index contributed by atoms with van der Waals surface area (Å²) in [5.74, 6) is -0.556. The largest absolute Gasteiger partial charge is 0.480 e. The molecule has 1 aromatic rings. The lowest BCUT2D eigenvalue weighted by molar-refractivity contribution is -0.138. The van der Waals surface area contributed by atoms with Crippen molar-refractivity contribution in [1.82, 2.24) is 20.4 Å². The minimum absolute atomic E-state index is 0.0227. The summed E-state index contributed by atoms with van der Waals surface area (Å²) in [4.78, 5) is 28.2. The van der Waals surface area contributed by atoms with Gasteiger partial charge in [-0.1, -0.05) is 18.0 Å². The number of amides is 2. The molecule has 2 N–H and O–H groups in total. The number of aliphatic carboxylic acids is 1. The quantitative estimate of drug-likeness (QED) is 0.793. The molecule has 0 bridgehead atoms. The molecule has 1 aliphatic carbocycles. The van der Waals surface area contributed by atoms with Crippen molar-refractivity contribution >= 4 is 12.0 Å². The molecule has 0 atom stereocenters. The van der Waals surface area contributed by atoms with Gasteiger partial charge in [0.05, 0.1) is 0 Å². The smallest absolute Gasteiger partial charge is 0.323 e. The van der Waals surface area contributed by atoms with Crippen LogP contribution in [0.15, 0.2) is 10.9 Å². The van der Waals surface area contributed by atoms with Gasteiger partial charge in [-0.05, 0) is 12.8 Å². The van der Waals surface area contributed by atoms with Crippen molar-refractivity contribution in [3.8, 4) is 0 Å². The van der Waals surface area contributed by atoms with E-state index in [0.717, 1.165) is 25.7 Å². The third-order valence-electron chi connectivity index (χ3n) is 3.35. The van der Waals surface area contributed by atoms with E-state index in [4.69, 9.17) is 9.63 Å². The van der Waals surface area contributed by atoms with Crippen LogP contribution in [-0.4, -0.2) is 51.3 Å². The predicted octanol–water partition coefficient (Wildman–Crippen LogP) is 0.651. The van der Waals surface area contributed by atoms with Crippen LogP contribution < -0.4 is 5.32 Å². The number of hydrogen-bond donors (Lipinski definition) is 2. The molecule has 0 radical (unpaired) electrons. The second-order valence-corrected chi connectivity index (χ2v) is 4.78. The van der Waals surface area contributed by atoms with Crippen LogP contribution in [0.4, 0.5) is 4.79 Å². The van der Waals surface area contributed by atoms with Gasteiger partial charge in [-0.15, -0.1) is 0 Å². The number of carboxylic acids is 1. The van der Waals surface area contributed by atoms with Crippen molar-refractivity contribution in [2.45, 2.75) is 38.1 Å². The van der Waals surface area contributed by atoms with Crippen molar-refractivity contribution in [3.63, 3.8) is 0 Å². The van der Waals surface area contributed by atoms with E-state index in [1.165, 1.54) is 11.2 Å². The van der Waals surface area contributed by atoms with E-state index in [9.17, 15) is 9.59 Å². The second kappa shape index (κ2) is 6.88. The highest BCUT2D eigenvalue weighted by Gasteiger charge is 2.28. The summed E-state index contributed by atoms with van der Waals surface area (Å²) in [6.45, 7) is 0.0704.